The van der Waals surface area contributed by atoms with Crippen LogP contribution in [0, 0.1) is 0 Å². The van der Waals surface area contributed by atoms with E-state index in [2.05, 4.69) is 141 Å². The molecule has 9 aromatic rings. The summed E-state index contributed by atoms with van der Waals surface area (Å²) in [5, 5.41) is 5.12. The van der Waals surface area contributed by atoms with Gasteiger partial charge in [-0.3, -0.25) is 9.20 Å². The Hall–Kier alpha value is -5.99. The molecule has 0 N–H and O–H groups in total. The van der Waals surface area contributed by atoms with Gasteiger partial charge in [-0.25, -0.2) is 0 Å². The maximum atomic E-state index is 14.4. The fraction of sp³-hybridized carbons (Fsp3) is 0.0851. The molecule has 0 spiro atoms. The maximum absolute atomic E-state index is 14.4. The van der Waals surface area contributed by atoms with Crippen LogP contribution in [0.15, 0.2) is 150 Å². The summed E-state index contributed by atoms with van der Waals surface area (Å²) in [4.78, 5) is 14.4. The number of aromatic nitrogens is 1. The summed E-state index contributed by atoms with van der Waals surface area (Å²) in [5.41, 5.74) is 16.0. The average Bonchev–Trinajstić information content (AvgIpc) is 3.73. The first-order valence-corrected chi connectivity index (χ1v) is 17.2. The smallest absolute Gasteiger partial charge is 0.263 e. The van der Waals surface area contributed by atoms with E-state index >= 15 is 0 Å². The van der Waals surface area contributed by atoms with Gasteiger partial charge in [0, 0.05) is 32.9 Å². The Labute approximate surface area is 283 Å². The molecule has 49 heavy (non-hydrogen) atoms. The summed E-state index contributed by atoms with van der Waals surface area (Å²) >= 11 is 0. The minimum Gasteiger partial charge on any atom is -0.275 e. The predicted octanol–water partition coefficient (Wildman–Crippen LogP) is 11.3. The lowest BCUT2D eigenvalue weighted by molar-refractivity contribution is 0.661. The van der Waals surface area contributed by atoms with Crippen LogP contribution in [0.2, 0.25) is 0 Å². The summed E-state index contributed by atoms with van der Waals surface area (Å²) in [7, 11) is 0. The second kappa shape index (κ2) is 9.33. The Morgan fingerprint density at radius 2 is 1.16 bits per heavy atom. The number of fused-ring (bicyclic) bond motifs is 11. The first-order chi connectivity index (χ1) is 24.0. The van der Waals surface area contributed by atoms with Crippen molar-refractivity contribution in [1.29, 1.82) is 0 Å². The van der Waals surface area contributed by atoms with Crippen molar-refractivity contribution < 1.29 is 0 Å². The third kappa shape index (κ3) is 3.43. The Kier molecular flexibility index (Phi) is 5.14. The SMILES string of the molecule is CC1(C)c2ccccc2-c2cc3c4cc(-c5ccc6c(c5)-c5ccccc5C6c5ccccc5)cc5c6ccccc6c(=O)n(c3cc21)c54. The molecule has 2 heterocycles. The van der Waals surface area contributed by atoms with Crippen LogP contribution in [0.5, 0.6) is 0 Å². The Balaban J connectivity index is 1.22. The van der Waals surface area contributed by atoms with Crippen molar-refractivity contribution in [1.82, 2.24) is 4.40 Å². The summed E-state index contributed by atoms with van der Waals surface area (Å²) < 4.78 is 1.99. The van der Waals surface area contributed by atoms with Crippen molar-refractivity contribution in [2.45, 2.75) is 25.2 Å². The third-order valence-corrected chi connectivity index (χ3v) is 11.6. The molecule has 2 aliphatic carbocycles. The first kappa shape index (κ1) is 27.0. The first-order valence-electron chi connectivity index (χ1n) is 17.2. The molecule has 0 aliphatic heterocycles. The molecule has 1 unspecified atom stereocenters. The molecule has 2 aliphatic rings. The number of nitrogens with zero attached hydrogens (tertiary/aromatic N) is 1. The Morgan fingerprint density at radius 3 is 2.00 bits per heavy atom. The van der Waals surface area contributed by atoms with Gasteiger partial charge in [0.2, 0.25) is 0 Å². The van der Waals surface area contributed by atoms with E-state index in [-0.39, 0.29) is 16.9 Å². The lowest BCUT2D eigenvalue weighted by atomic mass is 9.82. The van der Waals surface area contributed by atoms with Gasteiger partial charge < -0.3 is 0 Å². The highest BCUT2D eigenvalue weighted by molar-refractivity contribution is 6.22. The lowest BCUT2D eigenvalue weighted by Crippen LogP contribution is -2.16. The quantitative estimate of drug-likeness (QED) is 0.175. The van der Waals surface area contributed by atoms with Crippen LogP contribution in [0.25, 0.3) is 71.3 Å². The predicted molar refractivity (Wildman–Crippen MR) is 203 cm³/mol. The summed E-state index contributed by atoms with van der Waals surface area (Å²) in [6, 6.07) is 52.9. The van der Waals surface area contributed by atoms with E-state index in [1.807, 2.05) is 22.6 Å². The largest absolute Gasteiger partial charge is 0.275 e. The van der Waals surface area contributed by atoms with Gasteiger partial charge >= 0.3 is 0 Å². The van der Waals surface area contributed by atoms with Gasteiger partial charge in [-0.1, -0.05) is 123 Å². The van der Waals surface area contributed by atoms with Crippen molar-refractivity contribution in [3.05, 3.63) is 184 Å². The molecule has 2 heteroatoms. The molecule has 230 valence electrons. The molecule has 0 saturated carbocycles. The summed E-state index contributed by atoms with van der Waals surface area (Å²) in [6.07, 6.45) is 0. The second-order valence-corrected chi connectivity index (χ2v) is 14.4. The molecule has 0 saturated heterocycles. The van der Waals surface area contributed by atoms with Crippen LogP contribution in [-0.2, 0) is 5.41 Å². The zero-order chi connectivity index (χ0) is 32.6. The van der Waals surface area contributed by atoms with E-state index in [0.717, 1.165) is 43.5 Å². The number of hydrogen-bond donors (Lipinski definition) is 0. The van der Waals surface area contributed by atoms with Gasteiger partial charge in [0.05, 0.1) is 11.0 Å². The summed E-state index contributed by atoms with van der Waals surface area (Å²) in [6.45, 7) is 4.61. The zero-order valence-corrected chi connectivity index (χ0v) is 27.3. The van der Waals surface area contributed by atoms with Crippen LogP contribution >= 0.6 is 0 Å². The van der Waals surface area contributed by atoms with E-state index < -0.39 is 0 Å². The fourth-order valence-electron chi connectivity index (χ4n) is 9.33. The number of hydrogen-bond acceptors (Lipinski definition) is 1. The summed E-state index contributed by atoms with van der Waals surface area (Å²) in [5.74, 6) is 0.218. The molecule has 0 bridgehead atoms. The number of benzene rings is 7. The van der Waals surface area contributed by atoms with Gasteiger partial charge in [-0.05, 0) is 103 Å². The van der Waals surface area contributed by atoms with Crippen LogP contribution in [0.4, 0.5) is 0 Å². The van der Waals surface area contributed by atoms with Gasteiger partial charge in [0.15, 0.2) is 0 Å². The molecule has 0 amide bonds. The van der Waals surface area contributed by atoms with Crippen molar-refractivity contribution in [2.75, 3.05) is 0 Å². The van der Waals surface area contributed by atoms with Gasteiger partial charge in [0.1, 0.15) is 0 Å². The molecule has 1 atom stereocenters. The number of pyridine rings is 1. The van der Waals surface area contributed by atoms with Crippen molar-refractivity contribution in [3.8, 4) is 33.4 Å². The standard InChI is InChI=1S/C47H31NO/c1-47(2)41-19-11-10-16-32(41)37-25-38-40-24-29(23-39-31-15-7-9-18-35(31)46(49)48(45(39)40)43(38)26-42(37)47)28-20-21-34-36(22-28)30-14-6-8-17-33(30)44(34)27-12-4-3-5-13-27/h3-26,44H,1-2H3. The van der Waals surface area contributed by atoms with Gasteiger partial charge in [-0.2, -0.15) is 0 Å². The maximum Gasteiger partial charge on any atom is 0.263 e. The highest BCUT2D eigenvalue weighted by atomic mass is 16.1. The van der Waals surface area contributed by atoms with Crippen LogP contribution < -0.4 is 5.56 Å². The van der Waals surface area contributed by atoms with Crippen LogP contribution in [0.3, 0.4) is 0 Å². The normalized spacial score (nSPS) is 15.6. The minimum absolute atomic E-state index is 0.0465. The lowest BCUT2D eigenvalue weighted by Gasteiger charge is -2.21. The minimum atomic E-state index is -0.154. The third-order valence-electron chi connectivity index (χ3n) is 11.6. The Bertz CT molecular complexity index is 2930. The highest BCUT2D eigenvalue weighted by Crippen LogP contribution is 2.52. The molecule has 2 nitrogen and oxygen atoms in total. The molecule has 0 radical (unpaired) electrons. The monoisotopic (exact) mass is 625 g/mol. The van der Waals surface area contributed by atoms with Gasteiger partial charge in [-0.15, -0.1) is 0 Å². The molecular weight excluding hydrogens is 595 g/mol. The zero-order valence-electron chi connectivity index (χ0n) is 27.3. The van der Waals surface area contributed by atoms with E-state index in [1.165, 1.54) is 55.6 Å². The molecule has 0 fully saturated rings. The van der Waals surface area contributed by atoms with Crippen molar-refractivity contribution >= 4 is 38.0 Å². The van der Waals surface area contributed by atoms with E-state index in [1.54, 1.807) is 0 Å². The fourth-order valence-corrected chi connectivity index (χ4v) is 9.33. The van der Waals surface area contributed by atoms with E-state index in [4.69, 9.17) is 0 Å². The van der Waals surface area contributed by atoms with Crippen LogP contribution in [-0.4, -0.2) is 4.40 Å². The van der Waals surface area contributed by atoms with E-state index in [0.29, 0.717) is 0 Å². The average molecular weight is 626 g/mol. The molecular formula is C47H31NO. The highest BCUT2D eigenvalue weighted by Gasteiger charge is 2.36. The molecule has 7 aromatic carbocycles. The molecule has 11 rings (SSSR count). The van der Waals surface area contributed by atoms with E-state index in [9.17, 15) is 4.79 Å². The topological polar surface area (TPSA) is 21.5 Å². The van der Waals surface area contributed by atoms with Crippen LogP contribution in [0.1, 0.15) is 47.6 Å². The Morgan fingerprint density at radius 1 is 0.490 bits per heavy atom. The molecule has 2 aromatic heterocycles. The number of rotatable bonds is 2. The van der Waals surface area contributed by atoms with Crippen molar-refractivity contribution in [3.63, 3.8) is 0 Å². The second-order valence-electron chi connectivity index (χ2n) is 14.4. The van der Waals surface area contributed by atoms with Crippen molar-refractivity contribution in [2.24, 2.45) is 0 Å². The van der Waals surface area contributed by atoms with Gasteiger partial charge in [0.25, 0.3) is 5.56 Å².